The van der Waals surface area contributed by atoms with Gasteiger partial charge in [-0.1, -0.05) is 20.3 Å². The van der Waals surface area contributed by atoms with E-state index in [0.29, 0.717) is 12.8 Å². The summed E-state index contributed by atoms with van der Waals surface area (Å²) >= 11 is 0. The van der Waals surface area contributed by atoms with Gasteiger partial charge in [0.15, 0.2) is 0 Å². The summed E-state index contributed by atoms with van der Waals surface area (Å²) < 4.78 is 0. The molecule has 8 heteroatoms. The van der Waals surface area contributed by atoms with Crippen LogP contribution in [0.5, 0.6) is 0 Å². The van der Waals surface area contributed by atoms with Crippen LogP contribution in [0.25, 0.3) is 0 Å². The molecule has 0 unspecified atom stereocenters. The SMILES string of the molecule is CCCC=O.CCC[C@@H](O)[C@H](C)[N+](=O)[O-].CC[N+](=O)[O-]. The first-order valence-corrected chi connectivity index (χ1v) is 6.65. The van der Waals surface area contributed by atoms with Crippen molar-refractivity contribution >= 4 is 6.29 Å². The van der Waals surface area contributed by atoms with Gasteiger partial charge in [0.2, 0.25) is 12.6 Å². The lowest BCUT2D eigenvalue weighted by atomic mass is 10.1. The number of rotatable bonds is 7. The highest BCUT2D eigenvalue weighted by Gasteiger charge is 2.22. The number of aliphatic hydroxyl groups excluding tert-OH is 1. The van der Waals surface area contributed by atoms with E-state index in [4.69, 9.17) is 5.11 Å². The molecule has 0 aliphatic carbocycles. The average molecular weight is 294 g/mol. The van der Waals surface area contributed by atoms with Crippen molar-refractivity contribution in [3.8, 4) is 0 Å². The molecule has 0 radical (unpaired) electrons. The number of nitrogens with zero attached hydrogens (tertiary/aromatic N) is 2. The lowest BCUT2D eigenvalue weighted by Gasteiger charge is -2.09. The lowest BCUT2D eigenvalue weighted by molar-refractivity contribution is -0.530. The van der Waals surface area contributed by atoms with E-state index >= 15 is 0 Å². The molecule has 0 bridgehead atoms. The summed E-state index contributed by atoms with van der Waals surface area (Å²) in [5.41, 5.74) is 0. The fourth-order valence-corrected chi connectivity index (χ4v) is 0.795. The Morgan fingerprint density at radius 2 is 1.60 bits per heavy atom. The number of nitro groups is 2. The number of unbranched alkanes of at least 4 members (excludes halogenated alkanes) is 1. The molecule has 120 valence electrons. The van der Waals surface area contributed by atoms with Crippen LogP contribution in [0.2, 0.25) is 0 Å². The van der Waals surface area contributed by atoms with Crippen LogP contribution in [0.1, 0.15) is 53.4 Å². The van der Waals surface area contributed by atoms with Crippen molar-refractivity contribution in [2.45, 2.75) is 65.5 Å². The van der Waals surface area contributed by atoms with Gasteiger partial charge in [-0.2, -0.15) is 0 Å². The number of aliphatic hydroxyl groups is 1. The van der Waals surface area contributed by atoms with Gasteiger partial charge in [-0.05, 0) is 12.8 Å². The molecule has 0 aliphatic rings. The Labute approximate surface area is 119 Å². The third-order valence-corrected chi connectivity index (χ3v) is 2.14. The van der Waals surface area contributed by atoms with E-state index in [1.807, 2.05) is 13.8 Å². The topological polar surface area (TPSA) is 124 Å². The van der Waals surface area contributed by atoms with Gasteiger partial charge in [-0.3, -0.25) is 20.2 Å². The fourth-order valence-electron chi connectivity index (χ4n) is 0.795. The first kappa shape index (κ1) is 23.5. The van der Waals surface area contributed by atoms with Gasteiger partial charge in [0, 0.05) is 30.1 Å². The zero-order valence-corrected chi connectivity index (χ0v) is 12.7. The largest absolute Gasteiger partial charge is 0.386 e. The molecule has 0 aromatic rings. The number of aldehydes is 1. The molecule has 8 nitrogen and oxygen atoms in total. The molecule has 0 aromatic heterocycles. The van der Waals surface area contributed by atoms with E-state index < -0.39 is 17.1 Å². The molecule has 2 atom stereocenters. The highest BCUT2D eigenvalue weighted by Crippen LogP contribution is 2.03. The Hall–Kier alpha value is -1.57. The Morgan fingerprint density at radius 1 is 1.15 bits per heavy atom. The molecule has 0 amide bonds. The van der Waals surface area contributed by atoms with Crippen molar-refractivity contribution in [1.82, 2.24) is 0 Å². The predicted octanol–water partition coefficient (Wildman–Crippen LogP) is 2.08. The van der Waals surface area contributed by atoms with E-state index in [0.717, 1.165) is 19.1 Å². The molecule has 0 saturated carbocycles. The second kappa shape index (κ2) is 17.4. The molecular weight excluding hydrogens is 268 g/mol. The van der Waals surface area contributed by atoms with Gasteiger partial charge in [0.1, 0.15) is 12.4 Å². The van der Waals surface area contributed by atoms with Gasteiger partial charge in [-0.25, -0.2) is 0 Å². The number of hydrogen-bond acceptors (Lipinski definition) is 6. The first-order valence-electron chi connectivity index (χ1n) is 6.65. The van der Waals surface area contributed by atoms with Gasteiger partial charge in [-0.15, -0.1) is 0 Å². The summed E-state index contributed by atoms with van der Waals surface area (Å²) in [5.74, 6) is 0. The Kier molecular flexibility index (Phi) is 20.5. The van der Waals surface area contributed by atoms with E-state index in [9.17, 15) is 25.0 Å². The summed E-state index contributed by atoms with van der Waals surface area (Å²) in [6, 6.07) is -0.833. The van der Waals surface area contributed by atoms with Crippen molar-refractivity contribution in [2.24, 2.45) is 0 Å². The summed E-state index contributed by atoms with van der Waals surface area (Å²) in [7, 11) is 0. The number of carbonyl (C=O) groups is 1. The molecule has 0 rings (SSSR count). The monoisotopic (exact) mass is 294 g/mol. The highest BCUT2D eigenvalue weighted by atomic mass is 16.6. The molecule has 0 heterocycles. The minimum absolute atomic E-state index is 0.0278. The van der Waals surface area contributed by atoms with Gasteiger partial charge in [0.05, 0.1) is 0 Å². The number of carbonyl (C=O) groups excluding carboxylic acids is 1. The molecule has 20 heavy (non-hydrogen) atoms. The van der Waals surface area contributed by atoms with Crippen LogP contribution in [-0.4, -0.2) is 39.9 Å². The molecule has 0 aliphatic heterocycles. The predicted molar refractivity (Wildman–Crippen MR) is 75.9 cm³/mol. The minimum Gasteiger partial charge on any atom is -0.386 e. The molecule has 1 N–H and O–H groups in total. The lowest BCUT2D eigenvalue weighted by Crippen LogP contribution is -2.30. The van der Waals surface area contributed by atoms with Crippen molar-refractivity contribution < 1.29 is 19.7 Å². The van der Waals surface area contributed by atoms with Gasteiger partial charge < -0.3 is 9.90 Å². The minimum atomic E-state index is -0.833. The maximum Gasteiger partial charge on any atom is 0.235 e. The summed E-state index contributed by atoms with van der Waals surface area (Å²) in [6.45, 7) is 6.81. The van der Waals surface area contributed by atoms with Crippen LogP contribution in [0, 0.1) is 20.2 Å². The van der Waals surface area contributed by atoms with Crippen LogP contribution in [-0.2, 0) is 4.79 Å². The smallest absolute Gasteiger partial charge is 0.235 e. The van der Waals surface area contributed by atoms with Crippen molar-refractivity contribution in [3.05, 3.63) is 20.2 Å². The van der Waals surface area contributed by atoms with Crippen LogP contribution in [0.15, 0.2) is 0 Å². The third-order valence-electron chi connectivity index (χ3n) is 2.14. The van der Waals surface area contributed by atoms with E-state index in [2.05, 4.69) is 0 Å². The molecular formula is C12H26N2O6. The second-order valence-electron chi connectivity index (χ2n) is 3.99. The normalized spacial score (nSPS) is 11.8. The summed E-state index contributed by atoms with van der Waals surface area (Å²) in [4.78, 5) is 27.8. The van der Waals surface area contributed by atoms with Gasteiger partial charge >= 0.3 is 0 Å². The number of hydrogen-bond donors (Lipinski definition) is 1. The Bertz CT molecular complexity index is 260. The standard InChI is InChI=1S/C6H13NO3.C4H8O.C2H5NO2/c1-3-4-6(8)5(2)7(9)10;1-2-3-4-5;1-2-3(4)5/h5-6,8H,3-4H2,1-2H3;4H,2-3H2,1H3;2H2,1H3/t5-,6+;;/m0../s1. The molecule has 0 saturated heterocycles. The zero-order chi connectivity index (χ0) is 16.6. The fraction of sp³-hybridized carbons (Fsp3) is 0.917. The maximum atomic E-state index is 10.1. The van der Waals surface area contributed by atoms with E-state index in [1.54, 1.807) is 0 Å². The second-order valence-corrected chi connectivity index (χ2v) is 3.99. The molecule has 0 aromatic carbocycles. The van der Waals surface area contributed by atoms with E-state index in [-0.39, 0.29) is 11.5 Å². The Morgan fingerprint density at radius 3 is 1.75 bits per heavy atom. The third kappa shape index (κ3) is 21.7. The quantitative estimate of drug-likeness (QED) is 0.435. The van der Waals surface area contributed by atoms with E-state index in [1.165, 1.54) is 13.8 Å². The van der Waals surface area contributed by atoms with Crippen molar-refractivity contribution in [3.63, 3.8) is 0 Å². The van der Waals surface area contributed by atoms with Crippen LogP contribution in [0.4, 0.5) is 0 Å². The van der Waals surface area contributed by atoms with Crippen molar-refractivity contribution in [1.29, 1.82) is 0 Å². The van der Waals surface area contributed by atoms with Crippen LogP contribution < -0.4 is 0 Å². The molecule has 0 spiro atoms. The van der Waals surface area contributed by atoms with Crippen LogP contribution in [0.3, 0.4) is 0 Å². The van der Waals surface area contributed by atoms with Gasteiger partial charge in [0.25, 0.3) is 0 Å². The maximum absolute atomic E-state index is 10.1. The Balaban J connectivity index is -0.000000244. The summed E-state index contributed by atoms with van der Waals surface area (Å²) in [6.07, 6.45) is 3.10. The highest BCUT2D eigenvalue weighted by molar-refractivity contribution is 5.48. The average Bonchev–Trinajstić information content (AvgIpc) is 2.40. The molecule has 0 fully saturated rings. The zero-order valence-electron chi connectivity index (χ0n) is 12.7. The van der Waals surface area contributed by atoms with Crippen LogP contribution >= 0.6 is 0 Å². The first-order chi connectivity index (χ1) is 9.28. The summed E-state index contributed by atoms with van der Waals surface area (Å²) in [5, 5.41) is 28.3. The van der Waals surface area contributed by atoms with Crippen molar-refractivity contribution in [2.75, 3.05) is 6.54 Å².